The minimum absolute atomic E-state index is 0.0649. The first-order valence-electron chi connectivity index (χ1n) is 5.12. The fraction of sp³-hybridized carbons (Fsp3) is 0.667. The van der Waals surface area contributed by atoms with E-state index in [1.165, 1.54) is 0 Å². The maximum atomic E-state index is 10.3. The maximum absolute atomic E-state index is 10.3. The third kappa shape index (κ3) is 2.80. The van der Waals surface area contributed by atoms with Crippen LogP contribution < -0.4 is 0 Å². The molecule has 2 unspecified atom stereocenters. The van der Waals surface area contributed by atoms with Crippen LogP contribution in [0.4, 0.5) is 0 Å². The molecule has 0 aliphatic carbocycles. The zero-order valence-electron chi connectivity index (χ0n) is 10.1. The first kappa shape index (κ1) is 12.7. The van der Waals surface area contributed by atoms with E-state index in [2.05, 4.69) is 20.8 Å². The van der Waals surface area contributed by atoms with Crippen LogP contribution in [-0.4, -0.2) is 18.3 Å². The van der Waals surface area contributed by atoms with Crippen LogP contribution in [0.2, 0.25) is 0 Å². The van der Waals surface area contributed by atoms with Crippen molar-refractivity contribution in [2.75, 3.05) is 7.11 Å². The van der Waals surface area contributed by atoms with E-state index in [1.54, 1.807) is 18.4 Å². The molecular formula is C12H20O2S. The van der Waals surface area contributed by atoms with Gasteiger partial charge in [-0.15, -0.1) is 11.3 Å². The standard InChI is InChI=1S/C12H20O2S/c1-8-6-7-15-10(8)9(13)11(14-5)12(2,3)4/h6-7,9,11,13H,1-5H3. The molecule has 15 heavy (non-hydrogen) atoms. The summed E-state index contributed by atoms with van der Waals surface area (Å²) in [5.74, 6) is 0. The van der Waals surface area contributed by atoms with Gasteiger partial charge in [0.25, 0.3) is 0 Å². The molecule has 0 bridgehead atoms. The molecule has 0 aromatic carbocycles. The largest absolute Gasteiger partial charge is 0.385 e. The van der Waals surface area contributed by atoms with Crippen LogP contribution in [0.3, 0.4) is 0 Å². The quantitative estimate of drug-likeness (QED) is 0.861. The second kappa shape index (κ2) is 4.64. The molecule has 1 heterocycles. The van der Waals surface area contributed by atoms with Gasteiger partial charge in [-0.3, -0.25) is 0 Å². The summed E-state index contributed by atoms with van der Waals surface area (Å²) in [6, 6.07) is 2.03. The summed E-state index contributed by atoms with van der Waals surface area (Å²) < 4.78 is 5.41. The Morgan fingerprint density at radius 2 is 2.00 bits per heavy atom. The minimum Gasteiger partial charge on any atom is -0.385 e. The summed E-state index contributed by atoms with van der Waals surface area (Å²) in [5.41, 5.74) is 1.07. The van der Waals surface area contributed by atoms with Crippen molar-refractivity contribution in [1.29, 1.82) is 0 Å². The summed E-state index contributed by atoms with van der Waals surface area (Å²) in [4.78, 5) is 1.01. The lowest BCUT2D eigenvalue weighted by Gasteiger charge is -2.33. The molecule has 86 valence electrons. The van der Waals surface area contributed by atoms with Crippen LogP contribution in [-0.2, 0) is 4.74 Å². The van der Waals surface area contributed by atoms with Crippen molar-refractivity contribution in [3.05, 3.63) is 21.9 Å². The van der Waals surface area contributed by atoms with Crippen molar-refractivity contribution in [2.24, 2.45) is 5.41 Å². The predicted molar refractivity (Wildman–Crippen MR) is 64.3 cm³/mol. The molecule has 0 saturated heterocycles. The van der Waals surface area contributed by atoms with Gasteiger partial charge in [-0.1, -0.05) is 20.8 Å². The number of aliphatic hydroxyl groups is 1. The molecule has 0 fully saturated rings. The first-order chi connectivity index (χ1) is 6.88. The fourth-order valence-electron chi connectivity index (χ4n) is 1.78. The van der Waals surface area contributed by atoms with E-state index >= 15 is 0 Å². The van der Waals surface area contributed by atoms with Crippen molar-refractivity contribution >= 4 is 11.3 Å². The van der Waals surface area contributed by atoms with E-state index < -0.39 is 6.10 Å². The maximum Gasteiger partial charge on any atom is 0.115 e. The van der Waals surface area contributed by atoms with Gasteiger partial charge in [0.2, 0.25) is 0 Å². The van der Waals surface area contributed by atoms with Gasteiger partial charge in [0, 0.05) is 12.0 Å². The number of aliphatic hydroxyl groups excluding tert-OH is 1. The summed E-state index contributed by atoms with van der Waals surface area (Å²) in [5, 5.41) is 12.3. The molecule has 0 spiro atoms. The lowest BCUT2D eigenvalue weighted by atomic mass is 9.85. The van der Waals surface area contributed by atoms with Crippen LogP contribution in [0, 0.1) is 12.3 Å². The number of hydrogen-bond donors (Lipinski definition) is 1. The molecular weight excluding hydrogens is 208 g/mol. The summed E-state index contributed by atoms with van der Waals surface area (Å²) in [6.45, 7) is 8.25. The SMILES string of the molecule is COC(C(O)c1sccc1C)C(C)(C)C. The molecule has 0 aliphatic rings. The van der Waals surface area contributed by atoms with Crippen LogP contribution in [0.25, 0.3) is 0 Å². The molecule has 1 N–H and O–H groups in total. The molecule has 0 radical (unpaired) electrons. The van der Waals surface area contributed by atoms with Crippen LogP contribution in [0.5, 0.6) is 0 Å². The molecule has 2 nitrogen and oxygen atoms in total. The van der Waals surface area contributed by atoms with Gasteiger partial charge in [0.05, 0.1) is 6.10 Å². The van der Waals surface area contributed by atoms with E-state index in [-0.39, 0.29) is 11.5 Å². The Morgan fingerprint density at radius 3 is 2.33 bits per heavy atom. The molecule has 1 aromatic heterocycles. The number of ether oxygens (including phenoxy) is 1. The summed E-state index contributed by atoms with van der Waals surface area (Å²) in [7, 11) is 1.65. The zero-order chi connectivity index (χ0) is 11.6. The summed E-state index contributed by atoms with van der Waals surface area (Å²) >= 11 is 1.59. The highest BCUT2D eigenvalue weighted by Gasteiger charge is 2.33. The van der Waals surface area contributed by atoms with Gasteiger partial charge in [-0.2, -0.15) is 0 Å². The summed E-state index contributed by atoms with van der Waals surface area (Å²) in [6.07, 6.45) is -0.704. The average Bonchev–Trinajstić information content (AvgIpc) is 2.49. The van der Waals surface area contributed by atoms with E-state index in [1.807, 2.05) is 18.4 Å². The first-order valence-corrected chi connectivity index (χ1v) is 6.00. The Bertz CT molecular complexity index is 312. The van der Waals surface area contributed by atoms with Gasteiger partial charge in [0.15, 0.2) is 0 Å². The van der Waals surface area contributed by atoms with E-state index in [9.17, 15) is 5.11 Å². The van der Waals surface area contributed by atoms with Gasteiger partial charge < -0.3 is 9.84 Å². The number of aryl methyl sites for hydroxylation is 1. The fourth-order valence-corrected chi connectivity index (χ4v) is 2.72. The van der Waals surface area contributed by atoms with Gasteiger partial charge >= 0.3 is 0 Å². The Kier molecular flexibility index (Phi) is 3.93. The second-order valence-corrected chi connectivity index (χ2v) is 5.88. The van der Waals surface area contributed by atoms with Crippen molar-refractivity contribution in [1.82, 2.24) is 0 Å². The van der Waals surface area contributed by atoms with Gasteiger partial charge in [-0.05, 0) is 29.3 Å². The molecule has 0 amide bonds. The van der Waals surface area contributed by atoms with Crippen molar-refractivity contribution in [3.63, 3.8) is 0 Å². The number of rotatable bonds is 3. The zero-order valence-corrected chi connectivity index (χ0v) is 10.9. The Balaban J connectivity index is 2.92. The van der Waals surface area contributed by atoms with Gasteiger partial charge in [-0.25, -0.2) is 0 Å². The smallest absolute Gasteiger partial charge is 0.115 e. The highest BCUT2D eigenvalue weighted by atomic mass is 32.1. The second-order valence-electron chi connectivity index (χ2n) is 4.94. The Hall–Kier alpha value is -0.380. The monoisotopic (exact) mass is 228 g/mol. The lowest BCUT2D eigenvalue weighted by molar-refractivity contribution is -0.0712. The minimum atomic E-state index is -0.532. The molecule has 1 aromatic rings. The Morgan fingerprint density at radius 1 is 1.40 bits per heavy atom. The third-order valence-electron chi connectivity index (χ3n) is 2.56. The van der Waals surface area contributed by atoms with E-state index in [0.29, 0.717) is 0 Å². The predicted octanol–water partition coefficient (Wildman–Crippen LogP) is 3.15. The number of methoxy groups -OCH3 is 1. The normalized spacial score (nSPS) is 16.4. The van der Waals surface area contributed by atoms with E-state index in [0.717, 1.165) is 10.4 Å². The average molecular weight is 228 g/mol. The van der Waals surface area contributed by atoms with Crippen molar-refractivity contribution < 1.29 is 9.84 Å². The number of hydrogen-bond acceptors (Lipinski definition) is 3. The molecule has 1 rings (SSSR count). The topological polar surface area (TPSA) is 29.5 Å². The van der Waals surface area contributed by atoms with Crippen molar-refractivity contribution in [3.8, 4) is 0 Å². The van der Waals surface area contributed by atoms with Crippen LogP contribution in [0.15, 0.2) is 11.4 Å². The number of thiophene rings is 1. The van der Waals surface area contributed by atoms with E-state index in [4.69, 9.17) is 4.74 Å². The molecule has 3 heteroatoms. The molecule has 0 aliphatic heterocycles. The molecule has 0 saturated carbocycles. The molecule has 2 atom stereocenters. The highest BCUT2D eigenvalue weighted by molar-refractivity contribution is 7.10. The van der Waals surface area contributed by atoms with Crippen molar-refractivity contribution in [2.45, 2.75) is 39.9 Å². The Labute approximate surface area is 95.9 Å². The van der Waals surface area contributed by atoms with Gasteiger partial charge in [0.1, 0.15) is 6.10 Å². The highest BCUT2D eigenvalue weighted by Crippen LogP contribution is 2.35. The van der Waals surface area contributed by atoms with Crippen LogP contribution in [0.1, 0.15) is 37.3 Å². The third-order valence-corrected chi connectivity index (χ3v) is 3.65. The lowest BCUT2D eigenvalue weighted by Crippen LogP contribution is -2.34. The van der Waals surface area contributed by atoms with Crippen LogP contribution >= 0.6 is 11.3 Å².